The van der Waals surface area contributed by atoms with Crippen molar-refractivity contribution < 1.29 is 9.13 Å². The predicted molar refractivity (Wildman–Crippen MR) is 64.2 cm³/mol. The van der Waals surface area contributed by atoms with Crippen molar-refractivity contribution >= 4 is 11.6 Å². The number of nitrogens with one attached hydrogen (secondary N) is 1. The summed E-state index contributed by atoms with van der Waals surface area (Å²) in [6.07, 6.45) is 0.169. The second kappa shape index (κ2) is 6.84. The highest BCUT2D eigenvalue weighted by molar-refractivity contribution is 6.30. The van der Waals surface area contributed by atoms with Gasteiger partial charge in [0, 0.05) is 19.7 Å². The molecule has 0 saturated carbocycles. The average molecular weight is 246 g/mol. The third-order valence-corrected chi connectivity index (χ3v) is 2.50. The molecule has 0 saturated heterocycles. The van der Waals surface area contributed by atoms with E-state index in [0.717, 1.165) is 12.1 Å². The van der Waals surface area contributed by atoms with Crippen LogP contribution in [0.2, 0.25) is 5.02 Å². The molecule has 1 unspecified atom stereocenters. The maximum Gasteiger partial charge on any atom is 0.142 e. The molecule has 1 aromatic rings. The van der Waals surface area contributed by atoms with E-state index in [4.69, 9.17) is 16.3 Å². The van der Waals surface area contributed by atoms with Crippen molar-refractivity contribution in [2.75, 3.05) is 13.2 Å². The van der Waals surface area contributed by atoms with E-state index in [-0.39, 0.29) is 16.9 Å². The maximum absolute atomic E-state index is 13.1. The van der Waals surface area contributed by atoms with Gasteiger partial charge in [0.15, 0.2) is 0 Å². The Kier molecular flexibility index (Phi) is 5.74. The van der Waals surface area contributed by atoms with Gasteiger partial charge in [-0.1, -0.05) is 17.7 Å². The Hall–Kier alpha value is -0.640. The SMILES string of the molecule is CCOC(C)CNCc1ccc(Cl)c(F)c1. The van der Waals surface area contributed by atoms with Gasteiger partial charge in [0.25, 0.3) is 0 Å². The van der Waals surface area contributed by atoms with Gasteiger partial charge in [-0.25, -0.2) is 4.39 Å². The molecule has 90 valence electrons. The quantitative estimate of drug-likeness (QED) is 0.832. The lowest BCUT2D eigenvalue weighted by atomic mass is 10.2. The monoisotopic (exact) mass is 245 g/mol. The Morgan fingerprint density at radius 2 is 2.25 bits per heavy atom. The topological polar surface area (TPSA) is 21.3 Å². The van der Waals surface area contributed by atoms with E-state index in [0.29, 0.717) is 13.2 Å². The lowest BCUT2D eigenvalue weighted by Crippen LogP contribution is -2.26. The van der Waals surface area contributed by atoms with E-state index in [1.54, 1.807) is 6.07 Å². The molecule has 1 aromatic carbocycles. The third kappa shape index (κ3) is 4.47. The molecular formula is C12H17ClFNO. The number of benzene rings is 1. The standard InChI is InChI=1S/C12H17ClFNO/c1-3-16-9(2)7-15-8-10-4-5-11(13)12(14)6-10/h4-6,9,15H,3,7-8H2,1-2H3. The summed E-state index contributed by atoms with van der Waals surface area (Å²) < 4.78 is 18.5. The van der Waals surface area contributed by atoms with Gasteiger partial charge in [-0.2, -0.15) is 0 Å². The number of rotatable bonds is 6. The fraction of sp³-hybridized carbons (Fsp3) is 0.500. The molecule has 0 amide bonds. The number of halogens is 2. The molecule has 1 atom stereocenters. The maximum atomic E-state index is 13.1. The summed E-state index contributed by atoms with van der Waals surface area (Å²) in [7, 11) is 0. The molecule has 0 aromatic heterocycles. The largest absolute Gasteiger partial charge is 0.377 e. The number of ether oxygens (including phenoxy) is 1. The molecule has 0 fully saturated rings. The molecule has 0 aliphatic heterocycles. The smallest absolute Gasteiger partial charge is 0.142 e. The minimum atomic E-state index is -0.376. The Labute approximate surface area is 101 Å². The molecule has 1 rings (SSSR count). The van der Waals surface area contributed by atoms with Crippen LogP contribution in [-0.2, 0) is 11.3 Å². The van der Waals surface area contributed by atoms with Crippen molar-refractivity contribution in [1.29, 1.82) is 0 Å². The van der Waals surface area contributed by atoms with E-state index in [1.165, 1.54) is 6.07 Å². The Balaban J connectivity index is 2.34. The predicted octanol–water partition coefficient (Wildman–Crippen LogP) is 2.99. The molecule has 0 heterocycles. The minimum absolute atomic E-state index is 0.159. The first kappa shape index (κ1) is 13.4. The molecule has 0 aliphatic carbocycles. The summed E-state index contributed by atoms with van der Waals surface area (Å²) in [5.74, 6) is -0.376. The van der Waals surface area contributed by atoms with Gasteiger partial charge < -0.3 is 10.1 Å². The Morgan fingerprint density at radius 3 is 2.88 bits per heavy atom. The number of hydrogen-bond acceptors (Lipinski definition) is 2. The summed E-state index contributed by atoms with van der Waals surface area (Å²) in [5, 5.41) is 3.36. The molecule has 16 heavy (non-hydrogen) atoms. The van der Waals surface area contributed by atoms with Crippen molar-refractivity contribution in [3.05, 3.63) is 34.6 Å². The van der Waals surface area contributed by atoms with E-state index in [1.807, 2.05) is 19.9 Å². The lowest BCUT2D eigenvalue weighted by Gasteiger charge is -2.12. The van der Waals surface area contributed by atoms with Crippen LogP contribution in [0, 0.1) is 5.82 Å². The molecular weight excluding hydrogens is 229 g/mol. The highest BCUT2D eigenvalue weighted by Crippen LogP contribution is 2.15. The van der Waals surface area contributed by atoms with Crippen LogP contribution >= 0.6 is 11.6 Å². The first-order valence-corrected chi connectivity index (χ1v) is 5.77. The van der Waals surface area contributed by atoms with E-state index < -0.39 is 0 Å². The van der Waals surface area contributed by atoms with Gasteiger partial charge >= 0.3 is 0 Å². The van der Waals surface area contributed by atoms with Gasteiger partial charge in [-0.05, 0) is 31.5 Å². The molecule has 0 radical (unpaired) electrons. The van der Waals surface area contributed by atoms with Crippen molar-refractivity contribution in [1.82, 2.24) is 5.32 Å². The second-order valence-electron chi connectivity index (χ2n) is 3.65. The Morgan fingerprint density at radius 1 is 1.50 bits per heavy atom. The second-order valence-corrected chi connectivity index (χ2v) is 4.05. The van der Waals surface area contributed by atoms with Gasteiger partial charge in [-0.3, -0.25) is 0 Å². The molecule has 0 bridgehead atoms. The van der Waals surface area contributed by atoms with Crippen molar-refractivity contribution in [3.8, 4) is 0 Å². The highest BCUT2D eigenvalue weighted by atomic mass is 35.5. The van der Waals surface area contributed by atoms with E-state index >= 15 is 0 Å². The van der Waals surface area contributed by atoms with Crippen molar-refractivity contribution in [2.24, 2.45) is 0 Å². The third-order valence-electron chi connectivity index (χ3n) is 2.20. The van der Waals surface area contributed by atoms with Crippen LogP contribution in [0.3, 0.4) is 0 Å². The highest BCUT2D eigenvalue weighted by Gasteiger charge is 2.02. The minimum Gasteiger partial charge on any atom is -0.377 e. The van der Waals surface area contributed by atoms with Crippen molar-refractivity contribution in [3.63, 3.8) is 0 Å². The summed E-state index contributed by atoms with van der Waals surface area (Å²) in [6, 6.07) is 4.82. The van der Waals surface area contributed by atoms with E-state index in [9.17, 15) is 4.39 Å². The van der Waals surface area contributed by atoms with Crippen LogP contribution in [0.25, 0.3) is 0 Å². The summed E-state index contributed by atoms with van der Waals surface area (Å²) in [6.45, 7) is 6.03. The van der Waals surface area contributed by atoms with Crippen molar-refractivity contribution in [2.45, 2.75) is 26.5 Å². The molecule has 0 spiro atoms. The molecule has 0 aliphatic rings. The number of hydrogen-bond donors (Lipinski definition) is 1. The first-order chi connectivity index (χ1) is 7.63. The summed E-state index contributed by atoms with van der Waals surface area (Å²) in [4.78, 5) is 0. The van der Waals surface area contributed by atoms with Crippen LogP contribution in [0.4, 0.5) is 4.39 Å². The normalized spacial score (nSPS) is 12.8. The van der Waals surface area contributed by atoms with Gasteiger partial charge in [0.2, 0.25) is 0 Å². The Bertz CT molecular complexity index is 333. The lowest BCUT2D eigenvalue weighted by molar-refractivity contribution is 0.0759. The van der Waals surface area contributed by atoms with Gasteiger partial charge in [0.05, 0.1) is 11.1 Å². The molecule has 1 N–H and O–H groups in total. The molecule has 2 nitrogen and oxygen atoms in total. The average Bonchev–Trinajstić information content (AvgIpc) is 2.24. The van der Waals surface area contributed by atoms with Crippen LogP contribution in [0.5, 0.6) is 0 Å². The van der Waals surface area contributed by atoms with Gasteiger partial charge in [-0.15, -0.1) is 0 Å². The molecule has 4 heteroatoms. The fourth-order valence-electron chi connectivity index (χ4n) is 1.41. The zero-order valence-electron chi connectivity index (χ0n) is 9.59. The van der Waals surface area contributed by atoms with Crippen LogP contribution in [0.15, 0.2) is 18.2 Å². The zero-order valence-corrected chi connectivity index (χ0v) is 10.4. The van der Waals surface area contributed by atoms with Crippen LogP contribution in [0.1, 0.15) is 19.4 Å². The van der Waals surface area contributed by atoms with E-state index in [2.05, 4.69) is 5.32 Å². The van der Waals surface area contributed by atoms with Crippen LogP contribution < -0.4 is 5.32 Å². The summed E-state index contributed by atoms with van der Waals surface area (Å²) >= 11 is 5.59. The van der Waals surface area contributed by atoms with Crippen LogP contribution in [-0.4, -0.2) is 19.3 Å². The zero-order chi connectivity index (χ0) is 12.0. The fourth-order valence-corrected chi connectivity index (χ4v) is 1.53. The first-order valence-electron chi connectivity index (χ1n) is 5.39. The summed E-state index contributed by atoms with van der Waals surface area (Å²) in [5.41, 5.74) is 0.880. The van der Waals surface area contributed by atoms with Gasteiger partial charge in [0.1, 0.15) is 5.82 Å².